The molecular weight excluding hydrogens is 324 g/mol. The summed E-state index contributed by atoms with van der Waals surface area (Å²) in [4.78, 5) is 26.8. The number of hydrogen-bond acceptors (Lipinski definition) is 2. The molecule has 0 aliphatic heterocycles. The van der Waals surface area contributed by atoms with Crippen LogP contribution in [0.4, 0.5) is 0 Å². The van der Waals surface area contributed by atoms with Gasteiger partial charge in [0, 0.05) is 18.7 Å². The van der Waals surface area contributed by atoms with Crippen LogP contribution in [-0.2, 0) is 4.79 Å². The largest absolute Gasteiger partial charge is 0.338 e. The molecule has 0 bridgehead atoms. The maximum absolute atomic E-state index is 12.7. The van der Waals surface area contributed by atoms with E-state index in [1.54, 1.807) is 41.3 Å². The molecule has 4 heteroatoms. The topological polar surface area (TPSA) is 49.4 Å². The summed E-state index contributed by atoms with van der Waals surface area (Å²) >= 11 is 0. The molecule has 0 fully saturated rings. The first-order valence-electron chi connectivity index (χ1n) is 8.74. The van der Waals surface area contributed by atoms with Crippen molar-refractivity contribution in [3.63, 3.8) is 0 Å². The summed E-state index contributed by atoms with van der Waals surface area (Å²) in [5.74, 6) is -0.498. The SMILES string of the molecule is CCN(CC)C(=O)/C(=C/C=C\c1ccccc1)NC(=O)c1ccccc1. The summed E-state index contributed by atoms with van der Waals surface area (Å²) in [6.45, 7) is 4.99. The van der Waals surface area contributed by atoms with Crippen molar-refractivity contribution in [3.8, 4) is 0 Å². The van der Waals surface area contributed by atoms with E-state index >= 15 is 0 Å². The van der Waals surface area contributed by atoms with E-state index in [-0.39, 0.29) is 17.5 Å². The molecule has 0 spiro atoms. The Bertz CT molecular complexity index is 776. The summed E-state index contributed by atoms with van der Waals surface area (Å²) in [5, 5.41) is 2.75. The van der Waals surface area contributed by atoms with Gasteiger partial charge in [0.25, 0.3) is 11.8 Å². The monoisotopic (exact) mass is 348 g/mol. The number of nitrogens with one attached hydrogen (secondary N) is 1. The van der Waals surface area contributed by atoms with Crippen LogP contribution in [0.25, 0.3) is 6.08 Å². The van der Waals surface area contributed by atoms with Gasteiger partial charge >= 0.3 is 0 Å². The van der Waals surface area contributed by atoms with Gasteiger partial charge in [0.05, 0.1) is 0 Å². The summed E-state index contributed by atoms with van der Waals surface area (Å²) < 4.78 is 0. The molecule has 0 saturated heterocycles. The van der Waals surface area contributed by atoms with Crippen LogP contribution in [0.3, 0.4) is 0 Å². The number of likely N-dealkylation sites (N-methyl/N-ethyl adjacent to an activating group) is 1. The van der Waals surface area contributed by atoms with Crippen LogP contribution >= 0.6 is 0 Å². The molecule has 0 radical (unpaired) electrons. The molecule has 2 aromatic carbocycles. The fraction of sp³-hybridized carbons (Fsp3) is 0.182. The van der Waals surface area contributed by atoms with Gasteiger partial charge in [-0.2, -0.15) is 0 Å². The first-order valence-corrected chi connectivity index (χ1v) is 8.74. The molecule has 2 amide bonds. The zero-order chi connectivity index (χ0) is 18.8. The summed E-state index contributed by atoms with van der Waals surface area (Å²) in [6.07, 6.45) is 5.32. The van der Waals surface area contributed by atoms with Crippen molar-refractivity contribution in [1.29, 1.82) is 0 Å². The smallest absolute Gasteiger partial charge is 0.270 e. The standard InChI is InChI=1S/C22H24N2O2/c1-3-24(4-2)22(26)20(17-11-14-18-12-7-5-8-13-18)23-21(25)19-15-9-6-10-16-19/h5-17H,3-4H2,1-2H3,(H,23,25)/b14-11-,20-17-. The van der Waals surface area contributed by atoms with Crippen molar-refractivity contribution >= 4 is 17.9 Å². The predicted octanol–water partition coefficient (Wildman–Crippen LogP) is 3.88. The highest BCUT2D eigenvalue weighted by Crippen LogP contribution is 2.06. The number of hydrogen-bond donors (Lipinski definition) is 1. The highest BCUT2D eigenvalue weighted by Gasteiger charge is 2.17. The second-order valence-electron chi connectivity index (χ2n) is 5.65. The van der Waals surface area contributed by atoms with Crippen LogP contribution in [0.2, 0.25) is 0 Å². The lowest BCUT2D eigenvalue weighted by Crippen LogP contribution is -2.38. The molecular formula is C22H24N2O2. The van der Waals surface area contributed by atoms with Gasteiger partial charge < -0.3 is 10.2 Å². The highest BCUT2D eigenvalue weighted by atomic mass is 16.2. The fourth-order valence-electron chi connectivity index (χ4n) is 2.45. The lowest BCUT2D eigenvalue weighted by Gasteiger charge is -2.20. The summed E-state index contributed by atoms with van der Waals surface area (Å²) in [7, 11) is 0. The number of amides is 2. The minimum absolute atomic E-state index is 0.197. The Morgan fingerprint density at radius 3 is 2.08 bits per heavy atom. The molecule has 0 atom stereocenters. The van der Waals surface area contributed by atoms with E-state index in [1.807, 2.05) is 56.3 Å². The fourth-order valence-corrected chi connectivity index (χ4v) is 2.45. The first-order chi connectivity index (χ1) is 12.7. The Morgan fingerprint density at radius 2 is 1.50 bits per heavy atom. The van der Waals surface area contributed by atoms with Crippen LogP contribution in [0.5, 0.6) is 0 Å². The van der Waals surface area contributed by atoms with Crippen molar-refractivity contribution in [2.24, 2.45) is 0 Å². The molecule has 1 N–H and O–H groups in total. The van der Waals surface area contributed by atoms with E-state index in [0.717, 1.165) is 5.56 Å². The summed E-state index contributed by atoms with van der Waals surface area (Å²) in [5.41, 5.74) is 1.79. The van der Waals surface area contributed by atoms with Gasteiger partial charge in [-0.15, -0.1) is 0 Å². The van der Waals surface area contributed by atoms with Gasteiger partial charge in [-0.3, -0.25) is 9.59 Å². The molecule has 0 heterocycles. The minimum Gasteiger partial charge on any atom is -0.338 e. The lowest BCUT2D eigenvalue weighted by molar-refractivity contribution is -0.127. The van der Waals surface area contributed by atoms with Crippen LogP contribution in [0.1, 0.15) is 29.8 Å². The molecule has 2 aromatic rings. The zero-order valence-corrected chi connectivity index (χ0v) is 15.2. The van der Waals surface area contributed by atoms with Crippen molar-refractivity contribution in [3.05, 3.63) is 89.6 Å². The van der Waals surface area contributed by atoms with Gasteiger partial charge in [0.15, 0.2) is 0 Å². The maximum atomic E-state index is 12.7. The van der Waals surface area contributed by atoms with E-state index in [0.29, 0.717) is 18.7 Å². The van der Waals surface area contributed by atoms with Crippen LogP contribution < -0.4 is 5.32 Å². The Labute approximate surface area is 154 Å². The maximum Gasteiger partial charge on any atom is 0.270 e. The number of allylic oxidation sites excluding steroid dienone is 2. The number of rotatable bonds is 7. The second-order valence-corrected chi connectivity index (χ2v) is 5.65. The van der Waals surface area contributed by atoms with Crippen molar-refractivity contribution < 1.29 is 9.59 Å². The zero-order valence-electron chi connectivity index (χ0n) is 15.2. The van der Waals surface area contributed by atoms with Gasteiger partial charge in [0.2, 0.25) is 0 Å². The van der Waals surface area contributed by atoms with E-state index < -0.39 is 0 Å². The molecule has 26 heavy (non-hydrogen) atoms. The van der Waals surface area contributed by atoms with Gasteiger partial charge in [-0.05, 0) is 37.6 Å². The highest BCUT2D eigenvalue weighted by molar-refractivity contribution is 6.03. The second kappa shape index (κ2) is 9.99. The van der Waals surface area contributed by atoms with Crippen molar-refractivity contribution in [2.75, 3.05) is 13.1 Å². The Kier molecular flexibility index (Phi) is 7.37. The number of nitrogens with zero attached hydrogens (tertiary/aromatic N) is 1. The molecule has 0 aliphatic carbocycles. The van der Waals surface area contributed by atoms with Crippen LogP contribution in [-0.4, -0.2) is 29.8 Å². The van der Waals surface area contributed by atoms with Gasteiger partial charge in [-0.1, -0.05) is 60.7 Å². The van der Waals surface area contributed by atoms with Gasteiger partial charge in [0.1, 0.15) is 5.70 Å². The molecule has 0 unspecified atom stereocenters. The number of benzene rings is 2. The molecule has 134 valence electrons. The Morgan fingerprint density at radius 1 is 0.923 bits per heavy atom. The minimum atomic E-state index is -0.300. The average molecular weight is 348 g/mol. The van der Waals surface area contributed by atoms with E-state index in [4.69, 9.17) is 0 Å². The number of carbonyl (C=O) groups is 2. The van der Waals surface area contributed by atoms with E-state index in [9.17, 15) is 9.59 Å². The van der Waals surface area contributed by atoms with E-state index in [1.165, 1.54) is 0 Å². The Balaban J connectivity index is 2.23. The van der Waals surface area contributed by atoms with Crippen LogP contribution in [0, 0.1) is 0 Å². The summed E-state index contributed by atoms with van der Waals surface area (Å²) in [6, 6.07) is 18.6. The van der Waals surface area contributed by atoms with Crippen molar-refractivity contribution in [2.45, 2.75) is 13.8 Å². The Hall–Kier alpha value is -3.14. The lowest BCUT2D eigenvalue weighted by atomic mass is 10.2. The third kappa shape index (κ3) is 5.45. The van der Waals surface area contributed by atoms with Crippen molar-refractivity contribution in [1.82, 2.24) is 10.2 Å². The molecule has 4 nitrogen and oxygen atoms in total. The molecule has 0 aromatic heterocycles. The van der Waals surface area contributed by atoms with E-state index in [2.05, 4.69) is 5.32 Å². The van der Waals surface area contributed by atoms with Crippen LogP contribution in [0.15, 0.2) is 78.5 Å². The molecule has 0 aliphatic rings. The first kappa shape index (κ1) is 19.2. The third-order valence-corrected chi connectivity index (χ3v) is 3.92. The normalized spacial score (nSPS) is 11.4. The average Bonchev–Trinajstić information content (AvgIpc) is 2.69. The molecule has 2 rings (SSSR count). The predicted molar refractivity (Wildman–Crippen MR) is 105 cm³/mol. The van der Waals surface area contributed by atoms with Gasteiger partial charge in [-0.25, -0.2) is 0 Å². The quantitative estimate of drug-likeness (QED) is 0.610. The molecule has 0 saturated carbocycles. The number of carbonyl (C=O) groups excluding carboxylic acids is 2. The third-order valence-electron chi connectivity index (χ3n) is 3.92.